The van der Waals surface area contributed by atoms with Crippen molar-refractivity contribution >= 4 is 23.3 Å². The second-order valence-electron chi connectivity index (χ2n) is 7.85. The van der Waals surface area contributed by atoms with Crippen molar-refractivity contribution in [1.29, 1.82) is 0 Å². The molecule has 1 aliphatic heterocycles. The van der Waals surface area contributed by atoms with Crippen molar-refractivity contribution in [3.63, 3.8) is 0 Å². The maximum absolute atomic E-state index is 13.1. The highest BCUT2D eigenvalue weighted by Gasteiger charge is 2.31. The molecule has 1 atom stereocenters. The molecule has 0 bridgehead atoms. The van der Waals surface area contributed by atoms with E-state index in [2.05, 4.69) is 4.98 Å². The van der Waals surface area contributed by atoms with Gasteiger partial charge in [0.1, 0.15) is 23.9 Å². The Balaban J connectivity index is 1.43. The van der Waals surface area contributed by atoms with E-state index in [1.807, 2.05) is 65.7 Å². The Morgan fingerprint density at radius 1 is 1.18 bits per heavy atom. The van der Waals surface area contributed by atoms with Crippen molar-refractivity contribution in [2.24, 2.45) is 0 Å². The number of benzene rings is 2. The van der Waals surface area contributed by atoms with Crippen molar-refractivity contribution in [1.82, 2.24) is 9.88 Å². The zero-order valence-corrected chi connectivity index (χ0v) is 19.9. The lowest BCUT2D eigenvalue weighted by Crippen LogP contribution is -2.29. The number of thiazole rings is 1. The van der Waals surface area contributed by atoms with E-state index in [1.165, 1.54) is 0 Å². The van der Waals surface area contributed by atoms with Crippen LogP contribution in [0.3, 0.4) is 0 Å². The average molecular weight is 465 g/mol. The molecule has 172 valence electrons. The quantitative estimate of drug-likeness (QED) is 0.416. The van der Waals surface area contributed by atoms with Crippen LogP contribution in [0.4, 0.5) is 0 Å². The fourth-order valence-corrected chi connectivity index (χ4v) is 4.65. The molecule has 4 rings (SSSR count). The number of methoxy groups -OCH3 is 2. The lowest BCUT2D eigenvalue weighted by atomic mass is 10.0. The molecule has 33 heavy (non-hydrogen) atoms. The molecule has 6 nitrogen and oxygen atoms in total. The first kappa shape index (κ1) is 22.9. The van der Waals surface area contributed by atoms with Crippen LogP contribution in [0.25, 0.3) is 6.08 Å². The molecule has 1 aromatic heterocycles. The third kappa shape index (κ3) is 5.54. The van der Waals surface area contributed by atoms with Crippen molar-refractivity contribution in [2.75, 3.05) is 20.8 Å². The van der Waals surface area contributed by atoms with E-state index >= 15 is 0 Å². The number of likely N-dealkylation sites (tertiary alicyclic amines) is 1. The van der Waals surface area contributed by atoms with Gasteiger partial charge in [0.05, 0.1) is 31.0 Å². The zero-order valence-electron chi connectivity index (χ0n) is 19.1. The van der Waals surface area contributed by atoms with Crippen molar-refractivity contribution in [3.05, 3.63) is 75.7 Å². The van der Waals surface area contributed by atoms with Crippen LogP contribution >= 0.6 is 11.3 Å². The van der Waals surface area contributed by atoms with Crippen LogP contribution in [0.1, 0.15) is 40.7 Å². The van der Waals surface area contributed by atoms with E-state index in [1.54, 1.807) is 31.6 Å². The summed E-state index contributed by atoms with van der Waals surface area (Å²) in [4.78, 5) is 19.4. The zero-order chi connectivity index (χ0) is 23.2. The molecule has 0 saturated carbocycles. The van der Waals surface area contributed by atoms with Gasteiger partial charge in [0, 0.05) is 29.6 Å². The number of ether oxygens (including phenoxy) is 3. The number of amides is 1. The van der Waals surface area contributed by atoms with E-state index in [9.17, 15) is 4.79 Å². The average Bonchev–Trinajstić information content (AvgIpc) is 3.50. The summed E-state index contributed by atoms with van der Waals surface area (Å²) in [6.07, 6.45) is 5.33. The molecule has 0 N–H and O–H groups in total. The molecule has 1 fully saturated rings. The van der Waals surface area contributed by atoms with Gasteiger partial charge in [-0.25, -0.2) is 4.98 Å². The number of nitrogens with zero attached hydrogens (tertiary/aromatic N) is 2. The number of aromatic nitrogens is 1. The first-order chi connectivity index (χ1) is 16.1. The van der Waals surface area contributed by atoms with E-state index < -0.39 is 0 Å². The van der Waals surface area contributed by atoms with Gasteiger partial charge in [0.25, 0.3) is 0 Å². The Hall–Kier alpha value is -3.32. The molecule has 1 aliphatic rings. The largest absolute Gasteiger partial charge is 0.497 e. The minimum atomic E-state index is -0.0146. The molecule has 3 aromatic rings. The van der Waals surface area contributed by atoms with Gasteiger partial charge in [0.2, 0.25) is 5.91 Å². The fraction of sp³-hybridized carbons (Fsp3) is 0.308. The Morgan fingerprint density at radius 2 is 2.06 bits per heavy atom. The number of hydrogen-bond acceptors (Lipinski definition) is 6. The Morgan fingerprint density at radius 3 is 2.82 bits per heavy atom. The second kappa shape index (κ2) is 10.5. The normalized spacial score (nSPS) is 15.7. The van der Waals surface area contributed by atoms with Gasteiger partial charge in [-0.2, -0.15) is 0 Å². The van der Waals surface area contributed by atoms with Gasteiger partial charge in [-0.05, 0) is 55.7 Å². The highest BCUT2D eigenvalue weighted by Crippen LogP contribution is 2.38. The lowest BCUT2D eigenvalue weighted by molar-refractivity contribution is -0.126. The molecule has 1 amide bonds. The van der Waals surface area contributed by atoms with E-state index in [0.29, 0.717) is 6.61 Å². The summed E-state index contributed by atoms with van der Waals surface area (Å²) >= 11 is 1.61. The predicted octanol–water partition coefficient (Wildman–Crippen LogP) is 5.42. The minimum Gasteiger partial charge on any atom is -0.497 e. The summed E-state index contributed by atoms with van der Waals surface area (Å²) in [5.41, 5.74) is 2.83. The van der Waals surface area contributed by atoms with Crippen LogP contribution in [0.5, 0.6) is 17.2 Å². The number of rotatable bonds is 8. The molecule has 7 heteroatoms. The second-order valence-corrected chi connectivity index (χ2v) is 8.91. The van der Waals surface area contributed by atoms with Crippen LogP contribution in [0, 0.1) is 6.92 Å². The fourth-order valence-electron chi connectivity index (χ4n) is 4.05. The predicted molar refractivity (Wildman–Crippen MR) is 130 cm³/mol. The SMILES string of the molecule is COc1ccc(C2CCCN2C(=O)/C=C/c2cccc(OCc3csc(C)n3)c2)c(OC)c1. The van der Waals surface area contributed by atoms with Gasteiger partial charge < -0.3 is 19.1 Å². The van der Waals surface area contributed by atoms with Gasteiger partial charge in [-0.1, -0.05) is 12.1 Å². The number of hydrogen-bond donors (Lipinski definition) is 0. The van der Waals surface area contributed by atoms with Crippen LogP contribution in [-0.2, 0) is 11.4 Å². The van der Waals surface area contributed by atoms with E-state index in [0.717, 1.165) is 58.5 Å². The van der Waals surface area contributed by atoms with Gasteiger partial charge >= 0.3 is 0 Å². The van der Waals surface area contributed by atoms with E-state index in [4.69, 9.17) is 14.2 Å². The topological polar surface area (TPSA) is 60.9 Å². The van der Waals surface area contributed by atoms with Crippen molar-refractivity contribution in [2.45, 2.75) is 32.4 Å². The smallest absolute Gasteiger partial charge is 0.247 e. The molecule has 1 saturated heterocycles. The minimum absolute atomic E-state index is 0.0142. The Labute approximate surface area is 198 Å². The summed E-state index contributed by atoms with van der Waals surface area (Å²) in [5, 5.41) is 3.03. The third-order valence-corrected chi connectivity index (χ3v) is 6.49. The first-order valence-electron chi connectivity index (χ1n) is 10.9. The Bertz CT molecular complexity index is 1140. The van der Waals surface area contributed by atoms with Gasteiger partial charge in [0.15, 0.2) is 0 Å². The van der Waals surface area contributed by atoms with E-state index in [-0.39, 0.29) is 11.9 Å². The van der Waals surface area contributed by atoms with Crippen LogP contribution < -0.4 is 14.2 Å². The maximum Gasteiger partial charge on any atom is 0.247 e. The molecule has 2 aromatic carbocycles. The summed E-state index contributed by atoms with van der Waals surface area (Å²) in [7, 11) is 3.27. The van der Waals surface area contributed by atoms with Crippen molar-refractivity contribution < 1.29 is 19.0 Å². The molecule has 0 radical (unpaired) electrons. The number of carbonyl (C=O) groups excluding carboxylic acids is 1. The summed E-state index contributed by atoms with van der Waals surface area (Å²) < 4.78 is 16.7. The van der Waals surface area contributed by atoms with Gasteiger partial charge in [-0.15, -0.1) is 11.3 Å². The summed E-state index contributed by atoms with van der Waals surface area (Å²) in [6.45, 7) is 3.13. The summed E-state index contributed by atoms with van der Waals surface area (Å²) in [6, 6.07) is 13.5. The first-order valence-corrected chi connectivity index (χ1v) is 11.8. The molecule has 1 unspecified atom stereocenters. The third-order valence-electron chi connectivity index (χ3n) is 5.67. The van der Waals surface area contributed by atoms with Crippen LogP contribution in [-0.4, -0.2) is 36.6 Å². The highest BCUT2D eigenvalue weighted by atomic mass is 32.1. The molecule has 0 spiro atoms. The monoisotopic (exact) mass is 464 g/mol. The highest BCUT2D eigenvalue weighted by molar-refractivity contribution is 7.09. The van der Waals surface area contributed by atoms with Crippen LogP contribution in [0.15, 0.2) is 53.9 Å². The summed E-state index contributed by atoms with van der Waals surface area (Å²) in [5.74, 6) is 2.21. The number of aryl methyl sites for hydroxylation is 1. The Kier molecular flexibility index (Phi) is 7.29. The maximum atomic E-state index is 13.1. The van der Waals surface area contributed by atoms with Crippen molar-refractivity contribution in [3.8, 4) is 17.2 Å². The lowest BCUT2D eigenvalue weighted by Gasteiger charge is -2.25. The molecular weight excluding hydrogens is 436 g/mol. The van der Waals surface area contributed by atoms with Crippen LogP contribution in [0.2, 0.25) is 0 Å². The van der Waals surface area contributed by atoms with Gasteiger partial charge in [-0.3, -0.25) is 4.79 Å². The molecule has 0 aliphatic carbocycles. The molecule has 2 heterocycles. The standard InChI is InChI=1S/C26H28N2O4S/c1-18-27-20(17-33-18)16-32-22-7-4-6-19(14-22)9-12-26(29)28-13-5-8-24(28)23-11-10-21(30-2)15-25(23)31-3/h4,6-7,9-12,14-15,17,24H,5,8,13,16H2,1-3H3/b12-9+. The molecular formula is C26H28N2O4S. The number of carbonyl (C=O) groups is 1.